The second-order valence-electron chi connectivity index (χ2n) is 6.07. The molecule has 3 aromatic rings. The predicted octanol–water partition coefficient (Wildman–Crippen LogP) is 2.62. The standard InChI is InChI=1S/C18H18N6O/c25-17(14-9-10-14)20-15-6-4-5-13(11-15)12-19-18-21-22-23-24(18)16-7-2-1-3-8-16/h1-8,11,14H,9-10,12H2,(H,20,25)(H,19,21,23). The summed E-state index contributed by atoms with van der Waals surface area (Å²) in [6, 6.07) is 17.5. The first-order valence-corrected chi connectivity index (χ1v) is 8.27. The number of tetrazole rings is 1. The van der Waals surface area contributed by atoms with Crippen LogP contribution < -0.4 is 10.6 Å². The third-order valence-corrected chi connectivity index (χ3v) is 4.06. The van der Waals surface area contributed by atoms with E-state index >= 15 is 0 Å². The average molecular weight is 334 g/mol. The molecule has 0 aliphatic heterocycles. The number of carbonyl (C=O) groups excluding carboxylic acids is 1. The van der Waals surface area contributed by atoms with Crippen molar-refractivity contribution in [1.29, 1.82) is 0 Å². The van der Waals surface area contributed by atoms with Gasteiger partial charge in [0.05, 0.1) is 5.69 Å². The molecule has 1 aliphatic rings. The Hall–Kier alpha value is -3.22. The normalized spacial score (nSPS) is 13.4. The molecule has 0 spiro atoms. The number of rotatable bonds is 6. The molecule has 0 atom stereocenters. The molecule has 2 aromatic carbocycles. The van der Waals surface area contributed by atoms with Crippen LogP contribution in [0.25, 0.3) is 5.69 Å². The lowest BCUT2D eigenvalue weighted by Crippen LogP contribution is -2.13. The Morgan fingerprint density at radius 3 is 2.76 bits per heavy atom. The van der Waals surface area contributed by atoms with Crippen LogP contribution in [0.2, 0.25) is 0 Å². The molecule has 4 rings (SSSR count). The molecule has 0 saturated heterocycles. The van der Waals surface area contributed by atoms with Crippen LogP contribution in [0.3, 0.4) is 0 Å². The largest absolute Gasteiger partial charge is 0.349 e. The summed E-state index contributed by atoms with van der Waals surface area (Å²) in [6.07, 6.45) is 1.99. The molecule has 0 unspecified atom stereocenters. The van der Waals surface area contributed by atoms with E-state index < -0.39 is 0 Å². The first kappa shape index (κ1) is 15.3. The van der Waals surface area contributed by atoms with Crippen molar-refractivity contribution >= 4 is 17.5 Å². The predicted molar refractivity (Wildman–Crippen MR) is 94.3 cm³/mol. The number of carbonyl (C=O) groups is 1. The molecule has 2 N–H and O–H groups in total. The van der Waals surface area contributed by atoms with Gasteiger partial charge in [0.25, 0.3) is 0 Å². The van der Waals surface area contributed by atoms with Crippen LogP contribution in [0.15, 0.2) is 54.6 Å². The number of amides is 1. The molecule has 1 aliphatic carbocycles. The summed E-state index contributed by atoms with van der Waals surface area (Å²) in [5.74, 6) is 0.869. The van der Waals surface area contributed by atoms with Gasteiger partial charge in [0.2, 0.25) is 11.9 Å². The highest BCUT2D eigenvalue weighted by atomic mass is 16.2. The van der Waals surface area contributed by atoms with Crippen molar-refractivity contribution in [2.24, 2.45) is 5.92 Å². The maximum Gasteiger partial charge on any atom is 0.248 e. The van der Waals surface area contributed by atoms with Gasteiger partial charge in [-0.3, -0.25) is 4.79 Å². The number of benzene rings is 2. The Bertz CT molecular complexity index is 872. The van der Waals surface area contributed by atoms with E-state index in [0.29, 0.717) is 12.5 Å². The number of nitrogens with one attached hydrogen (secondary N) is 2. The van der Waals surface area contributed by atoms with Crippen LogP contribution in [0.5, 0.6) is 0 Å². The van der Waals surface area contributed by atoms with Gasteiger partial charge in [0.15, 0.2) is 0 Å². The van der Waals surface area contributed by atoms with Gasteiger partial charge in [-0.25, -0.2) is 0 Å². The fraction of sp³-hybridized carbons (Fsp3) is 0.222. The fourth-order valence-corrected chi connectivity index (χ4v) is 2.57. The second kappa shape index (κ2) is 6.72. The molecule has 1 aromatic heterocycles. The number of hydrogen-bond donors (Lipinski definition) is 2. The van der Waals surface area contributed by atoms with Gasteiger partial charge >= 0.3 is 0 Å². The molecule has 7 heteroatoms. The number of nitrogens with zero attached hydrogens (tertiary/aromatic N) is 4. The highest BCUT2D eigenvalue weighted by molar-refractivity contribution is 5.94. The Morgan fingerprint density at radius 2 is 1.96 bits per heavy atom. The van der Waals surface area contributed by atoms with Crippen LogP contribution in [-0.2, 0) is 11.3 Å². The maximum absolute atomic E-state index is 11.9. The van der Waals surface area contributed by atoms with E-state index in [1.54, 1.807) is 4.68 Å². The lowest BCUT2D eigenvalue weighted by Gasteiger charge is -2.09. The molecule has 1 amide bonds. The van der Waals surface area contributed by atoms with Gasteiger partial charge in [-0.2, -0.15) is 4.68 Å². The molecule has 0 bridgehead atoms. The smallest absolute Gasteiger partial charge is 0.248 e. The first-order valence-electron chi connectivity index (χ1n) is 8.27. The average Bonchev–Trinajstić information content (AvgIpc) is 3.39. The van der Waals surface area contributed by atoms with Crippen LogP contribution in [0, 0.1) is 5.92 Å². The summed E-state index contributed by atoms with van der Waals surface area (Å²) in [5, 5.41) is 18.0. The number of aromatic nitrogens is 4. The van der Waals surface area contributed by atoms with Crippen molar-refractivity contribution in [3.05, 3.63) is 60.2 Å². The topological polar surface area (TPSA) is 84.7 Å². The zero-order valence-corrected chi connectivity index (χ0v) is 13.6. The number of para-hydroxylation sites is 1. The summed E-state index contributed by atoms with van der Waals surface area (Å²) in [5.41, 5.74) is 2.75. The van der Waals surface area contributed by atoms with Gasteiger partial charge in [-0.05, 0) is 53.1 Å². The first-order chi connectivity index (χ1) is 12.3. The van der Waals surface area contributed by atoms with Gasteiger partial charge in [0.1, 0.15) is 0 Å². The highest BCUT2D eigenvalue weighted by Crippen LogP contribution is 2.30. The summed E-state index contributed by atoms with van der Waals surface area (Å²) < 4.78 is 1.65. The van der Waals surface area contributed by atoms with Crippen molar-refractivity contribution < 1.29 is 4.79 Å². The molecule has 0 radical (unpaired) electrons. The van der Waals surface area contributed by atoms with Gasteiger partial charge < -0.3 is 10.6 Å². The van der Waals surface area contributed by atoms with E-state index in [4.69, 9.17) is 0 Å². The van der Waals surface area contributed by atoms with Crippen LogP contribution in [0.1, 0.15) is 18.4 Å². The zero-order chi connectivity index (χ0) is 17.1. The monoisotopic (exact) mass is 334 g/mol. The van der Waals surface area contributed by atoms with Gasteiger partial charge in [-0.1, -0.05) is 35.4 Å². The minimum atomic E-state index is 0.109. The van der Waals surface area contributed by atoms with Crippen molar-refractivity contribution in [2.45, 2.75) is 19.4 Å². The van der Waals surface area contributed by atoms with Crippen molar-refractivity contribution in [1.82, 2.24) is 20.2 Å². The number of hydrogen-bond acceptors (Lipinski definition) is 5. The summed E-state index contributed by atoms with van der Waals surface area (Å²) in [7, 11) is 0. The molecule has 1 fully saturated rings. The van der Waals surface area contributed by atoms with E-state index in [2.05, 4.69) is 26.2 Å². The van der Waals surface area contributed by atoms with Crippen molar-refractivity contribution in [2.75, 3.05) is 10.6 Å². The van der Waals surface area contributed by atoms with Crippen molar-refractivity contribution in [3.63, 3.8) is 0 Å². The van der Waals surface area contributed by atoms with E-state index in [9.17, 15) is 4.79 Å². The quantitative estimate of drug-likeness (QED) is 0.724. The lowest BCUT2D eigenvalue weighted by molar-refractivity contribution is -0.117. The third kappa shape index (κ3) is 3.65. The van der Waals surface area contributed by atoms with Gasteiger partial charge in [0, 0.05) is 18.2 Å². The maximum atomic E-state index is 11.9. The second-order valence-corrected chi connectivity index (χ2v) is 6.07. The molecular weight excluding hydrogens is 316 g/mol. The Kier molecular flexibility index (Phi) is 4.12. The summed E-state index contributed by atoms with van der Waals surface area (Å²) >= 11 is 0. The summed E-state index contributed by atoms with van der Waals surface area (Å²) in [4.78, 5) is 11.9. The number of anilines is 2. The Labute approximate surface area is 145 Å². The Balaban J connectivity index is 1.44. The van der Waals surface area contributed by atoms with Crippen LogP contribution >= 0.6 is 0 Å². The van der Waals surface area contributed by atoms with E-state index in [0.717, 1.165) is 29.8 Å². The molecule has 25 heavy (non-hydrogen) atoms. The molecular formula is C18H18N6O. The van der Waals surface area contributed by atoms with E-state index in [1.807, 2.05) is 54.6 Å². The zero-order valence-electron chi connectivity index (χ0n) is 13.6. The van der Waals surface area contributed by atoms with Crippen molar-refractivity contribution in [3.8, 4) is 5.69 Å². The van der Waals surface area contributed by atoms with Crippen LogP contribution in [0.4, 0.5) is 11.6 Å². The lowest BCUT2D eigenvalue weighted by atomic mass is 10.2. The highest BCUT2D eigenvalue weighted by Gasteiger charge is 2.29. The van der Waals surface area contributed by atoms with E-state index in [1.165, 1.54) is 0 Å². The van der Waals surface area contributed by atoms with Gasteiger partial charge in [-0.15, -0.1) is 0 Å². The van der Waals surface area contributed by atoms with Crippen LogP contribution in [-0.4, -0.2) is 26.1 Å². The minimum absolute atomic E-state index is 0.109. The summed E-state index contributed by atoms with van der Waals surface area (Å²) in [6.45, 7) is 0.556. The molecule has 126 valence electrons. The Morgan fingerprint density at radius 1 is 1.12 bits per heavy atom. The third-order valence-electron chi connectivity index (χ3n) is 4.06. The molecule has 7 nitrogen and oxygen atoms in total. The molecule has 1 heterocycles. The van der Waals surface area contributed by atoms with E-state index in [-0.39, 0.29) is 11.8 Å². The SMILES string of the molecule is O=C(Nc1cccc(CNc2nnnn2-c2ccccc2)c1)C1CC1. The fourth-order valence-electron chi connectivity index (χ4n) is 2.57. The minimum Gasteiger partial charge on any atom is -0.349 e. The molecule has 1 saturated carbocycles.